The number of nitrogens with zero attached hydrogens (tertiary/aromatic N) is 4. The normalized spacial score (nSPS) is 15.6. The van der Waals surface area contributed by atoms with Crippen LogP contribution < -0.4 is 10.6 Å². The lowest BCUT2D eigenvalue weighted by atomic mass is 10.0. The van der Waals surface area contributed by atoms with Gasteiger partial charge in [0.05, 0.1) is 43.0 Å². The van der Waals surface area contributed by atoms with E-state index in [2.05, 4.69) is 42.2 Å². The minimum Gasteiger partial charge on any atom is -0.453 e. The third kappa shape index (κ3) is 9.13. The fourth-order valence-corrected chi connectivity index (χ4v) is 6.83. The van der Waals surface area contributed by atoms with E-state index in [0.717, 1.165) is 57.9 Å². The number of methoxy groups -OCH3 is 1. The third-order valence-corrected chi connectivity index (χ3v) is 9.83. The number of nitrogens with one attached hydrogen (secondary N) is 4. The molecule has 3 heterocycles. The van der Waals surface area contributed by atoms with E-state index in [1.165, 1.54) is 7.11 Å². The van der Waals surface area contributed by atoms with Crippen molar-refractivity contribution in [2.75, 3.05) is 27.7 Å². The number of amides is 3. The van der Waals surface area contributed by atoms with Crippen LogP contribution in [-0.2, 0) is 14.3 Å². The third-order valence-electron chi connectivity index (χ3n) is 9.83. The van der Waals surface area contributed by atoms with Crippen LogP contribution in [0.1, 0.15) is 80.1 Å². The Balaban J connectivity index is 1.06. The van der Waals surface area contributed by atoms with Gasteiger partial charge in [-0.05, 0) is 80.7 Å². The van der Waals surface area contributed by atoms with Crippen LogP contribution in [-0.4, -0.2) is 81.4 Å². The summed E-state index contributed by atoms with van der Waals surface area (Å²) < 4.78 is 4.66. The van der Waals surface area contributed by atoms with Gasteiger partial charge in [-0.3, -0.25) is 14.5 Å². The van der Waals surface area contributed by atoms with E-state index < -0.39 is 18.2 Å². The number of H-pyrrole nitrogens is 2. The molecule has 4 unspecified atom stereocenters. The fraction of sp³-hybridized carbons (Fsp3) is 0.326. The van der Waals surface area contributed by atoms with E-state index in [0.29, 0.717) is 12.4 Å². The van der Waals surface area contributed by atoms with Crippen molar-refractivity contribution in [3.05, 3.63) is 120 Å². The number of benzene rings is 3. The molecule has 1 aliphatic heterocycles. The molecule has 284 valence electrons. The van der Waals surface area contributed by atoms with Gasteiger partial charge in [-0.2, -0.15) is 0 Å². The van der Waals surface area contributed by atoms with Gasteiger partial charge < -0.3 is 30.2 Å². The standard InChI is InChI=1S/C43H48N8O4/c1-27(2)37(49-43(54)55-6)41(52)46-28(3)39-44-25-34(47-39)31-20-16-29(17-21-31)14-15-30-18-22-32(23-19-30)35-26-45-40(48-35)36-13-10-24-51(36)42(53)38(50(4)5)33-11-8-7-9-12-33/h7-9,11-12,16-23,25-28,36-38H,10,13,24H2,1-6H3,(H,44,47)(H,45,48)(H,46,52)(H,49,54). The monoisotopic (exact) mass is 740 g/mol. The number of hydrogen-bond acceptors (Lipinski definition) is 7. The summed E-state index contributed by atoms with van der Waals surface area (Å²) in [5.74, 6) is 7.52. The number of alkyl carbamates (subject to hydrolysis) is 1. The summed E-state index contributed by atoms with van der Waals surface area (Å²) >= 11 is 0. The lowest BCUT2D eigenvalue weighted by Crippen LogP contribution is -2.50. The molecule has 0 saturated carbocycles. The van der Waals surface area contributed by atoms with Crippen LogP contribution in [0.4, 0.5) is 4.79 Å². The van der Waals surface area contributed by atoms with E-state index in [-0.39, 0.29) is 29.8 Å². The number of imidazole rings is 2. The second-order valence-electron chi connectivity index (χ2n) is 14.3. The molecule has 55 heavy (non-hydrogen) atoms. The first-order valence-electron chi connectivity index (χ1n) is 18.5. The first-order valence-corrected chi connectivity index (χ1v) is 18.5. The first-order chi connectivity index (χ1) is 26.5. The zero-order valence-corrected chi connectivity index (χ0v) is 32.1. The molecule has 1 saturated heterocycles. The largest absolute Gasteiger partial charge is 0.453 e. The van der Waals surface area contributed by atoms with Crippen LogP contribution in [0.5, 0.6) is 0 Å². The average Bonchev–Trinajstić information content (AvgIpc) is 3.98. The molecule has 1 fully saturated rings. The van der Waals surface area contributed by atoms with Gasteiger partial charge in [0.2, 0.25) is 11.8 Å². The molecule has 4 N–H and O–H groups in total. The Morgan fingerprint density at radius 2 is 1.44 bits per heavy atom. The molecule has 3 aromatic carbocycles. The predicted octanol–water partition coefficient (Wildman–Crippen LogP) is 6.39. The van der Waals surface area contributed by atoms with Crippen LogP contribution in [0.15, 0.2) is 91.3 Å². The van der Waals surface area contributed by atoms with E-state index >= 15 is 0 Å². The summed E-state index contributed by atoms with van der Waals surface area (Å²) in [6.07, 6.45) is 4.70. The summed E-state index contributed by atoms with van der Waals surface area (Å²) in [5.41, 5.74) is 6.35. The van der Waals surface area contributed by atoms with E-state index in [1.807, 2.05) is 130 Å². The van der Waals surface area contributed by atoms with Crippen molar-refractivity contribution >= 4 is 17.9 Å². The van der Waals surface area contributed by atoms with E-state index in [1.54, 1.807) is 6.20 Å². The number of carbonyl (C=O) groups is 3. The summed E-state index contributed by atoms with van der Waals surface area (Å²) in [5, 5.41) is 5.50. The molecule has 6 rings (SSSR count). The maximum atomic E-state index is 13.8. The fourth-order valence-electron chi connectivity index (χ4n) is 6.83. The Morgan fingerprint density at radius 3 is 2.02 bits per heavy atom. The van der Waals surface area contributed by atoms with Gasteiger partial charge in [0.25, 0.3) is 0 Å². The minimum atomic E-state index is -0.740. The topological polar surface area (TPSA) is 148 Å². The van der Waals surface area contributed by atoms with Crippen LogP contribution in [0, 0.1) is 17.8 Å². The quantitative estimate of drug-likeness (QED) is 0.115. The molecule has 5 aromatic rings. The summed E-state index contributed by atoms with van der Waals surface area (Å²) in [7, 11) is 5.15. The molecule has 1 aliphatic rings. The molecule has 0 radical (unpaired) electrons. The molecular formula is C43H48N8O4. The number of carbonyl (C=O) groups excluding carboxylic acids is 3. The Labute approximate surface area is 322 Å². The van der Waals surface area contributed by atoms with Crippen molar-refractivity contribution in [3.63, 3.8) is 0 Å². The molecular weight excluding hydrogens is 693 g/mol. The molecule has 0 spiro atoms. The molecule has 4 atom stereocenters. The smallest absolute Gasteiger partial charge is 0.407 e. The van der Waals surface area contributed by atoms with Gasteiger partial charge in [0.15, 0.2) is 0 Å². The predicted molar refractivity (Wildman–Crippen MR) is 211 cm³/mol. The van der Waals surface area contributed by atoms with Crippen molar-refractivity contribution in [2.45, 2.75) is 57.8 Å². The molecule has 12 nitrogen and oxygen atoms in total. The second kappa shape index (κ2) is 17.3. The van der Waals surface area contributed by atoms with Crippen molar-refractivity contribution < 1.29 is 19.1 Å². The highest BCUT2D eigenvalue weighted by Gasteiger charge is 2.37. The highest BCUT2D eigenvalue weighted by Crippen LogP contribution is 2.35. The number of likely N-dealkylation sites (tertiary alicyclic amines) is 1. The van der Waals surface area contributed by atoms with Crippen molar-refractivity contribution in [2.24, 2.45) is 5.92 Å². The Morgan fingerprint density at radius 1 is 0.836 bits per heavy atom. The van der Waals surface area contributed by atoms with Crippen LogP contribution in [0.2, 0.25) is 0 Å². The highest BCUT2D eigenvalue weighted by molar-refractivity contribution is 5.86. The Hall–Kier alpha value is -6.19. The molecule has 0 aliphatic carbocycles. The van der Waals surface area contributed by atoms with Gasteiger partial charge in [-0.25, -0.2) is 14.8 Å². The molecule has 3 amide bonds. The maximum absolute atomic E-state index is 13.8. The first kappa shape index (κ1) is 38.5. The number of aromatic nitrogens is 4. The van der Waals surface area contributed by atoms with Gasteiger partial charge in [-0.1, -0.05) is 80.3 Å². The van der Waals surface area contributed by atoms with E-state index in [4.69, 9.17) is 4.98 Å². The Kier molecular flexibility index (Phi) is 12.1. The van der Waals surface area contributed by atoms with Crippen LogP contribution in [0.25, 0.3) is 22.5 Å². The lowest BCUT2D eigenvalue weighted by Gasteiger charge is -2.31. The Bertz CT molecular complexity index is 2150. The number of aromatic amines is 2. The molecule has 0 bridgehead atoms. The van der Waals surface area contributed by atoms with Crippen LogP contribution >= 0.6 is 0 Å². The summed E-state index contributed by atoms with van der Waals surface area (Å²) in [6, 6.07) is 24.2. The van der Waals surface area contributed by atoms with Crippen LogP contribution in [0.3, 0.4) is 0 Å². The SMILES string of the molecule is COC(=O)NC(C(=O)NC(C)c1ncc(-c2ccc(C#Cc3ccc(-c4cnc(C5CCCN5C(=O)C(c5ccccc5)N(C)C)[nH]4)cc3)cc2)[nH]1)C(C)C. The van der Waals surface area contributed by atoms with Gasteiger partial charge in [0.1, 0.15) is 23.7 Å². The average molecular weight is 741 g/mol. The molecule has 2 aromatic heterocycles. The number of ether oxygens (including phenoxy) is 1. The van der Waals surface area contributed by atoms with Crippen molar-refractivity contribution in [3.8, 4) is 34.4 Å². The van der Waals surface area contributed by atoms with Gasteiger partial charge in [-0.15, -0.1) is 0 Å². The van der Waals surface area contributed by atoms with Gasteiger partial charge in [0, 0.05) is 17.7 Å². The van der Waals surface area contributed by atoms with E-state index in [9.17, 15) is 14.4 Å². The number of rotatable bonds is 11. The number of likely N-dealkylation sites (N-methyl/N-ethyl adjacent to an activating group) is 1. The second-order valence-corrected chi connectivity index (χ2v) is 14.3. The highest BCUT2D eigenvalue weighted by atomic mass is 16.5. The maximum Gasteiger partial charge on any atom is 0.407 e. The summed E-state index contributed by atoms with van der Waals surface area (Å²) in [4.78, 5) is 58.4. The minimum absolute atomic E-state index is 0.0883. The van der Waals surface area contributed by atoms with Gasteiger partial charge >= 0.3 is 6.09 Å². The lowest BCUT2D eigenvalue weighted by molar-refractivity contribution is -0.137. The number of hydrogen-bond donors (Lipinski definition) is 4. The van der Waals surface area contributed by atoms with Crippen molar-refractivity contribution in [1.82, 2.24) is 40.4 Å². The molecule has 12 heteroatoms. The zero-order chi connectivity index (χ0) is 39.1. The summed E-state index contributed by atoms with van der Waals surface area (Å²) in [6.45, 7) is 6.23. The van der Waals surface area contributed by atoms with Crippen molar-refractivity contribution in [1.29, 1.82) is 0 Å². The zero-order valence-electron chi connectivity index (χ0n) is 32.1.